The van der Waals surface area contributed by atoms with Crippen molar-refractivity contribution in [2.24, 2.45) is 0 Å². The number of carbonyl (C=O) groups is 1. The van der Waals surface area contributed by atoms with Crippen LogP contribution in [0.3, 0.4) is 0 Å². The minimum absolute atomic E-state index is 0.0680. The molecule has 1 atom stereocenters. The van der Waals surface area contributed by atoms with Gasteiger partial charge in [0.1, 0.15) is 0 Å². The molecule has 0 bridgehead atoms. The number of nitrogens with zero attached hydrogens (tertiary/aromatic N) is 1. The average Bonchev–Trinajstić information content (AvgIpc) is 2.91. The number of pyridine rings is 1. The third-order valence-electron chi connectivity index (χ3n) is 4.04. The predicted molar refractivity (Wildman–Crippen MR) is 96.0 cm³/mol. The summed E-state index contributed by atoms with van der Waals surface area (Å²) in [6, 6.07) is 9.57. The number of methoxy groups -OCH3 is 1. The highest BCUT2D eigenvalue weighted by Crippen LogP contribution is 2.35. The highest BCUT2D eigenvalue weighted by molar-refractivity contribution is 9.10. The highest BCUT2D eigenvalue weighted by Gasteiger charge is 2.20. The zero-order valence-corrected chi connectivity index (χ0v) is 14.9. The molecule has 0 radical (unpaired) electrons. The molecule has 3 aromatic rings. The second kappa shape index (κ2) is 6.75. The SMILES string of the molecule is CO[C@@H](C)c1ncccc1-c1[nH]c2ccc(Br)cc2c1CC(=O)O. The van der Waals surface area contributed by atoms with E-state index in [1.54, 1.807) is 13.3 Å². The maximum Gasteiger partial charge on any atom is 0.307 e. The van der Waals surface area contributed by atoms with Gasteiger partial charge >= 0.3 is 5.97 Å². The minimum Gasteiger partial charge on any atom is -0.481 e. The van der Waals surface area contributed by atoms with Crippen LogP contribution in [0.1, 0.15) is 24.3 Å². The van der Waals surface area contributed by atoms with Gasteiger partial charge in [-0.3, -0.25) is 9.78 Å². The molecular weight excluding hydrogens is 372 g/mol. The lowest BCUT2D eigenvalue weighted by Gasteiger charge is -2.14. The fourth-order valence-corrected chi connectivity index (χ4v) is 3.21. The number of hydrogen-bond donors (Lipinski definition) is 2. The molecule has 2 aromatic heterocycles. The molecule has 3 rings (SSSR count). The van der Waals surface area contributed by atoms with Crippen LogP contribution in [0.5, 0.6) is 0 Å². The molecule has 5 nitrogen and oxygen atoms in total. The van der Waals surface area contributed by atoms with E-state index >= 15 is 0 Å². The zero-order valence-electron chi connectivity index (χ0n) is 13.3. The predicted octanol–water partition coefficient (Wildman–Crippen LogP) is 4.33. The number of fused-ring (bicyclic) bond motifs is 1. The number of aromatic nitrogens is 2. The molecule has 0 aliphatic rings. The van der Waals surface area contributed by atoms with E-state index in [0.717, 1.165) is 37.9 Å². The molecule has 0 aliphatic carbocycles. The summed E-state index contributed by atoms with van der Waals surface area (Å²) in [4.78, 5) is 19.2. The molecule has 0 fully saturated rings. The molecule has 0 saturated carbocycles. The van der Waals surface area contributed by atoms with Gasteiger partial charge in [-0.2, -0.15) is 0 Å². The standard InChI is InChI=1S/C18H17BrN2O3/c1-10(24-2)17-12(4-3-7-20-17)18-14(9-16(22)23)13-8-11(19)5-6-15(13)21-18/h3-8,10,21H,9H2,1-2H3,(H,22,23)/t10-/m0/s1. The summed E-state index contributed by atoms with van der Waals surface area (Å²) in [6.07, 6.45) is 1.45. The van der Waals surface area contributed by atoms with Crippen LogP contribution in [0.15, 0.2) is 41.0 Å². The molecule has 24 heavy (non-hydrogen) atoms. The van der Waals surface area contributed by atoms with Crippen molar-refractivity contribution >= 4 is 32.8 Å². The van der Waals surface area contributed by atoms with E-state index in [9.17, 15) is 9.90 Å². The van der Waals surface area contributed by atoms with Crippen molar-refractivity contribution < 1.29 is 14.6 Å². The van der Waals surface area contributed by atoms with E-state index in [1.807, 2.05) is 37.3 Å². The average molecular weight is 389 g/mol. The first-order valence-electron chi connectivity index (χ1n) is 7.51. The van der Waals surface area contributed by atoms with Crippen LogP contribution >= 0.6 is 15.9 Å². The van der Waals surface area contributed by atoms with Crippen molar-refractivity contribution in [2.75, 3.05) is 7.11 Å². The van der Waals surface area contributed by atoms with Gasteiger partial charge in [0.2, 0.25) is 0 Å². The van der Waals surface area contributed by atoms with Crippen molar-refractivity contribution in [1.82, 2.24) is 9.97 Å². The second-order valence-electron chi connectivity index (χ2n) is 5.55. The van der Waals surface area contributed by atoms with Crippen LogP contribution < -0.4 is 0 Å². The Labute approximate surface area is 147 Å². The maximum absolute atomic E-state index is 11.4. The molecule has 0 unspecified atom stereocenters. The Morgan fingerprint density at radius 3 is 2.92 bits per heavy atom. The van der Waals surface area contributed by atoms with Gasteiger partial charge in [-0.15, -0.1) is 0 Å². The van der Waals surface area contributed by atoms with E-state index < -0.39 is 5.97 Å². The Morgan fingerprint density at radius 2 is 2.21 bits per heavy atom. The second-order valence-corrected chi connectivity index (χ2v) is 6.47. The number of hydrogen-bond acceptors (Lipinski definition) is 3. The maximum atomic E-state index is 11.4. The Balaban J connectivity index is 2.28. The van der Waals surface area contributed by atoms with Gasteiger partial charge < -0.3 is 14.8 Å². The van der Waals surface area contributed by atoms with Crippen molar-refractivity contribution in [3.05, 3.63) is 52.3 Å². The molecule has 0 saturated heterocycles. The monoisotopic (exact) mass is 388 g/mol. The first-order chi connectivity index (χ1) is 11.5. The number of carboxylic acid groups (broad SMARTS) is 1. The van der Waals surface area contributed by atoms with Crippen LogP contribution in [0, 0.1) is 0 Å². The van der Waals surface area contributed by atoms with E-state index in [1.165, 1.54) is 0 Å². The fourth-order valence-electron chi connectivity index (χ4n) is 2.85. The van der Waals surface area contributed by atoms with E-state index in [2.05, 4.69) is 25.9 Å². The van der Waals surface area contributed by atoms with Gasteiger partial charge in [-0.25, -0.2) is 0 Å². The summed E-state index contributed by atoms with van der Waals surface area (Å²) in [5.74, 6) is -0.873. The Bertz CT molecular complexity index is 904. The summed E-state index contributed by atoms with van der Waals surface area (Å²) < 4.78 is 6.32. The van der Waals surface area contributed by atoms with Gasteiger partial charge in [0.05, 0.1) is 23.9 Å². The molecule has 2 N–H and O–H groups in total. The molecule has 2 heterocycles. The van der Waals surface area contributed by atoms with Crippen molar-refractivity contribution in [3.8, 4) is 11.3 Å². The third-order valence-corrected chi connectivity index (χ3v) is 4.54. The number of carboxylic acids is 1. The van der Waals surface area contributed by atoms with Gasteiger partial charge in [0.25, 0.3) is 0 Å². The van der Waals surface area contributed by atoms with Gasteiger partial charge in [0.15, 0.2) is 0 Å². The first kappa shape index (κ1) is 16.7. The van der Waals surface area contributed by atoms with Crippen LogP contribution in [0.25, 0.3) is 22.2 Å². The molecule has 0 spiro atoms. The van der Waals surface area contributed by atoms with Gasteiger partial charge in [-0.05, 0) is 42.8 Å². The van der Waals surface area contributed by atoms with Crippen LogP contribution in [0.2, 0.25) is 0 Å². The van der Waals surface area contributed by atoms with Crippen molar-refractivity contribution in [1.29, 1.82) is 0 Å². The molecule has 0 amide bonds. The summed E-state index contributed by atoms with van der Waals surface area (Å²) in [7, 11) is 1.63. The first-order valence-corrected chi connectivity index (χ1v) is 8.30. The Kier molecular flexibility index (Phi) is 4.69. The Hall–Kier alpha value is -2.18. The minimum atomic E-state index is -0.873. The van der Waals surface area contributed by atoms with Crippen LogP contribution in [0.4, 0.5) is 0 Å². The van der Waals surface area contributed by atoms with Crippen LogP contribution in [-0.4, -0.2) is 28.2 Å². The summed E-state index contributed by atoms with van der Waals surface area (Å²) in [5.41, 5.74) is 4.05. The van der Waals surface area contributed by atoms with Crippen molar-refractivity contribution in [2.45, 2.75) is 19.4 Å². The number of ether oxygens (including phenoxy) is 1. The molecule has 0 aliphatic heterocycles. The smallest absolute Gasteiger partial charge is 0.307 e. The summed E-state index contributed by atoms with van der Waals surface area (Å²) >= 11 is 3.45. The summed E-state index contributed by atoms with van der Waals surface area (Å²) in [6.45, 7) is 1.92. The number of H-pyrrole nitrogens is 1. The van der Waals surface area contributed by atoms with Gasteiger partial charge in [-0.1, -0.05) is 15.9 Å². The zero-order chi connectivity index (χ0) is 17.3. The lowest BCUT2D eigenvalue weighted by molar-refractivity contribution is -0.136. The molecular formula is C18H17BrN2O3. The highest BCUT2D eigenvalue weighted by atomic mass is 79.9. The fraction of sp³-hybridized carbons (Fsp3) is 0.222. The number of aromatic amines is 1. The summed E-state index contributed by atoms with van der Waals surface area (Å²) in [5, 5.41) is 10.2. The quantitative estimate of drug-likeness (QED) is 0.681. The van der Waals surface area contributed by atoms with Crippen molar-refractivity contribution in [3.63, 3.8) is 0 Å². The lowest BCUT2D eigenvalue weighted by atomic mass is 10.00. The largest absolute Gasteiger partial charge is 0.481 e. The normalized spacial score (nSPS) is 12.5. The number of aliphatic carboxylic acids is 1. The molecule has 6 heteroatoms. The van der Waals surface area contributed by atoms with E-state index in [-0.39, 0.29) is 12.5 Å². The van der Waals surface area contributed by atoms with E-state index in [4.69, 9.17) is 4.74 Å². The lowest BCUT2D eigenvalue weighted by Crippen LogP contribution is -2.05. The number of nitrogens with one attached hydrogen (secondary N) is 1. The topological polar surface area (TPSA) is 75.2 Å². The van der Waals surface area contributed by atoms with Crippen LogP contribution in [-0.2, 0) is 16.0 Å². The molecule has 1 aromatic carbocycles. The number of halogens is 1. The third kappa shape index (κ3) is 3.07. The van der Waals surface area contributed by atoms with Gasteiger partial charge in [0, 0.05) is 34.2 Å². The molecule has 124 valence electrons. The Morgan fingerprint density at radius 1 is 1.42 bits per heavy atom. The number of rotatable bonds is 5. The van der Waals surface area contributed by atoms with E-state index in [0.29, 0.717) is 0 Å². The number of benzene rings is 1.